The highest BCUT2D eigenvalue weighted by Gasteiger charge is 2.22. The van der Waals surface area contributed by atoms with Gasteiger partial charge in [0.25, 0.3) is 0 Å². The average Bonchev–Trinajstić information content (AvgIpc) is 2.25. The van der Waals surface area contributed by atoms with Gasteiger partial charge in [-0.15, -0.1) is 0 Å². The predicted octanol–water partition coefficient (Wildman–Crippen LogP) is 4.76. The maximum Gasteiger partial charge on any atom is 0.0517 e. The van der Waals surface area contributed by atoms with E-state index < -0.39 is 0 Å². The van der Waals surface area contributed by atoms with E-state index in [1.54, 1.807) is 0 Å². The molecule has 0 aliphatic carbocycles. The number of nitrogens with one attached hydrogen (secondary N) is 1. The van der Waals surface area contributed by atoms with Crippen molar-refractivity contribution in [3.8, 4) is 0 Å². The van der Waals surface area contributed by atoms with E-state index in [9.17, 15) is 0 Å². The molecular weight excluding hydrogens is 294 g/mol. The van der Waals surface area contributed by atoms with Gasteiger partial charge < -0.3 is 5.32 Å². The van der Waals surface area contributed by atoms with Crippen LogP contribution in [-0.2, 0) is 0 Å². The Balaban J connectivity index is 2.17. The van der Waals surface area contributed by atoms with Gasteiger partial charge in [0.15, 0.2) is 0 Å². The second-order valence-corrected chi connectivity index (χ2v) is 7.25. The first-order valence-corrected chi connectivity index (χ1v) is 8.07. The zero-order valence-electron chi connectivity index (χ0n) is 10.7. The number of anilines is 1. The number of hydrogen-bond acceptors (Lipinski definition) is 2. The van der Waals surface area contributed by atoms with Crippen LogP contribution < -0.4 is 5.32 Å². The Hall–Kier alpha value is -0.150. The lowest BCUT2D eigenvalue weighted by molar-refractivity contribution is 0.617. The highest BCUT2D eigenvalue weighted by Crippen LogP contribution is 2.33. The Morgan fingerprint density at radius 2 is 2.12 bits per heavy atom. The van der Waals surface area contributed by atoms with Crippen LogP contribution in [-0.4, -0.2) is 17.0 Å². The summed E-state index contributed by atoms with van der Waals surface area (Å²) < 4.78 is 1.19. The Kier molecular flexibility index (Phi) is 4.42. The van der Waals surface area contributed by atoms with Crippen LogP contribution >= 0.6 is 27.7 Å². The summed E-state index contributed by atoms with van der Waals surface area (Å²) in [5.74, 6) is 1.31. The summed E-state index contributed by atoms with van der Waals surface area (Å²) in [6.07, 6.45) is 2.61. The molecule has 0 saturated carbocycles. The van der Waals surface area contributed by atoms with Crippen molar-refractivity contribution in [1.29, 1.82) is 0 Å². The molecule has 1 N–H and O–H groups in total. The van der Waals surface area contributed by atoms with Gasteiger partial charge in [0.2, 0.25) is 0 Å². The van der Waals surface area contributed by atoms with E-state index in [1.807, 2.05) is 0 Å². The quantitative estimate of drug-likeness (QED) is 0.844. The molecule has 0 bridgehead atoms. The van der Waals surface area contributed by atoms with E-state index >= 15 is 0 Å². The molecule has 0 radical (unpaired) electrons. The van der Waals surface area contributed by atoms with E-state index in [0.717, 1.165) is 0 Å². The number of thioether (sulfide) groups is 1. The molecule has 17 heavy (non-hydrogen) atoms. The first-order valence-electron chi connectivity index (χ1n) is 6.23. The van der Waals surface area contributed by atoms with Crippen molar-refractivity contribution in [3.63, 3.8) is 0 Å². The van der Waals surface area contributed by atoms with Crippen molar-refractivity contribution in [3.05, 3.63) is 27.7 Å². The minimum Gasteiger partial charge on any atom is -0.380 e. The van der Waals surface area contributed by atoms with Gasteiger partial charge in [-0.2, -0.15) is 11.8 Å². The van der Waals surface area contributed by atoms with Crippen LogP contribution in [0, 0.1) is 13.8 Å². The van der Waals surface area contributed by atoms with Gasteiger partial charge in [-0.25, -0.2) is 0 Å². The van der Waals surface area contributed by atoms with Crippen LogP contribution in [0.3, 0.4) is 0 Å². The molecule has 0 spiro atoms. The SMILES string of the molecule is Cc1cc(C)c(NC2CCCSC2C)c(Br)c1. The molecule has 1 aliphatic heterocycles. The lowest BCUT2D eigenvalue weighted by Crippen LogP contribution is -2.33. The van der Waals surface area contributed by atoms with Crippen molar-refractivity contribution in [1.82, 2.24) is 0 Å². The average molecular weight is 314 g/mol. The molecule has 94 valence electrons. The van der Waals surface area contributed by atoms with E-state index in [1.165, 1.54) is 39.9 Å². The van der Waals surface area contributed by atoms with Crippen LogP contribution in [0.15, 0.2) is 16.6 Å². The summed E-state index contributed by atoms with van der Waals surface area (Å²) in [5.41, 5.74) is 3.92. The molecular formula is C14H20BrNS. The number of halogens is 1. The molecule has 3 heteroatoms. The lowest BCUT2D eigenvalue weighted by Gasteiger charge is -2.31. The molecule has 1 fully saturated rings. The lowest BCUT2D eigenvalue weighted by atomic mass is 10.1. The Morgan fingerprint density at radius 3 is 2.76 bits per heavy atom. The summed E-state index contributed by atoms with van der Waals surface area (Å²) in [6, 6.07) is 5.04. The summed E-state index contributed by atoms with van der Waals surface area (Å²) >= 11 is 5.76. The number of rotatable bonds is 2. The number of benzene rings is 1. The van der Waals surface area contributed by atoms with E-state index in [0.29, 0.717) is 11.3 Å². The molecule has 1 heterocycles. The van der Waals surface area contributed by atoms with Crippen LogP contribution in [0.4, 0.5) is 5.69 Å². The minimum atomic E-state index is 0.603. The summed E-state index contributed by atoms with van der Waals surface area (Å²) in [4.78, 5) is 0. The molecule has 2 rings (SSSR count). The minimum absolute atomic E-state index is 0.603. The van der Waals surface area contributed by atoms with Crippen molar-refractivity contribution in [2.45, 2.75) is 44.9 Å². The fourth-order valence-corrected chi connectivity index (χ4v) is 4.33. The smallest absolute Gasteiger partial charge is 0.0517 e. The zero-order valence-corrected chi connectivity index (χ0v) is 13.1. The molecule has 1 aliphatic rings. The van der Waals surface area contributed by atoms with E-state index in [2.05, 4.69) is 65.9 Å². The van der Waals surface area contributed by atoms with Gasteiger partial charge in [0.1, 0.15) is 0 Å². The molecule has 2 atom stereocenters. The highest BCUT2D eigenvalue weighted by molar-refractivity contribution is 9.10. The van der Waals surface area contributed by atoms with Crippen LogP contribution in [0.1, 0.15) is 30.9 Å². The van der Waals surface area contributed by atoms with Crippen molar-refractivity contribution >= 4 is 33.4 Å². The van der Waals surface area contributed by atoms with E-state index in [4.69, 9.17) is 0 Å². The third-order valence-corrected chi connectivity index (χ3v) is 5.37. The van der Waals surface area contributed by atoms with Crippen molar-refractivity contribution in [2.75, 3.05) is 11.1 Å². The Morgan fingerprint density at radius 1 is 1.35 bits per heavy atom. The summed E-state index contributed by atoms with van der Waals surface area (Å²) in [7, 11) is 0. The molecule has 0 amide bonds. The molecule has 0 aromatic heterocycles. The molecule has 1 nitrogen and oxygen atoms in total. The maximum absolute atomic E-state index is 3.73. The van der Waals surface area contributed by atoms with Crippen LogP contribution in [0.2, 0.25) is 0 Å². The fourth-order valence-electron chi connectivity index (χ4n) is 2.40. The van der Waals surface area contributed by atoms with Gasteiger partial charge in [0, 0.05) is 15.8 Å². The molecule has 1 aromatic carbocycles. The number of hydrogen-bond donors (Lipinski definition) is 1. The molecule has 2 unspecified atom stereocenters. The molecule has 1 saturated heterocycles. The maximum atomic E-state index is 3.73. The summed E-state index contributed by atoms with van der Waals surface area (Å²) in [5, 5.41) is 4.43. The second kappa shape index (κ2) is 5.66. The van der Waals surface area contributed by atoms with Gasteiger partial charge in [0.05, 0.1) is 5.69 Å². The second-order valence-electron chi connectivity index (χ2n) is 4.91. The van der Waals surface area contributed by atoms with Gasteiger partial charge in [-0.05, 0) is 65.6 Å². The Labute approximate surface area is 117 Å². The van der Waals surface area contributed by atoms with Crippen molar-refractivity contribution in [2.24, 2.45) is 0 Å². The molecule has 1 aromatic rings. The standard InChI is InChI=1S/C14H20BrNS/c1-9-7-10(2)14(12(15)8-9)16-13-5-4-6-17-11(13)3/h7-8,11,13,16H,4-6H2,1-3H3. The zero-order chi connectivity index (χ0) is 12.4. The normalized spacial score (nSPS) is 24.7. The first-order chi connectivity index (χ1) is 8.08. The number of aryl methyl sites for hydroxylation is 2. The van der Waals surface area contributed by atoms with Gasteiger partial charge in [-0.3, -0.25) is 0 Å². The third-order valence-electron chi connectivity index (χ3n) is 3.37. The fraction of sp³-hybridized carbons (Fsp3) is 0.571. The first kappa shape index (κ1) is 13.3. The van der Waals surface area contributed by atoms with Gasteiger partial charge >= 0.3 is 0 Å². The largest absolute Gasteiger partial charge is 0.380 e. The van der Waals surface area contributed by atoms with Crippen LogP contribution in [0.5, 0.6) is 0 Å². The Bertz CT molecular complexity index is 382. The van der Waals surface area contributed by atoms with Crippen LogP contribution in [0.25, 0.3) is 0 Å². The predicted molar refractivity (Wildman–Crippen MR) is 82.2 cm³/mol. The topological polar surface area (TPSA) is 12.0 Å². The third kappa shape index (κ3) is 3.19. The van der Waals surface area contributed by atoms with Crippen molar-refractivity contribution < 1.29 is 0 Å². The highest BCUT2D eigenvalue weighted by atomic mass is 79.9. The monoisotopic (exact) mass is 313 g/mol. The summed E-state index contributed by atoms with van der Waals surface area (Å²) in [6.45, 7) is 6.65. The van der Waals surface area contributed by atoms with Gasteiger partial charge in [-0.1, -0.05) is 13.0 Å². The van der Waals surface area contributed by atoms with E-state index in [-0.39, 0.29) is 0 Å².